The fraction of sp³-hybridized carbons (Fsp3) is 0.500. The van der Waals surface area contributed by atoms with E-state index in [1.807, 2.05) is 13.8 Å². The van der Waals surface area contributed by atoms with E-state index < -0.39 is 4.92 Å². The van der Waals surface area contributed by atoms with Crippen molar-refractivity contribution in [2.24, 2.45) is 0 Å². The molecule has 1 aromatic rings. The molecule has 0 saturated heterocycles. The summed E-state index contributed by atoms with van der Waals surface area (Å²) in [6.45, 7) is 5.08. The topological polar surface area (TPSA) is 77.3 Å². The number of nitrogens with zero attached hydrogens (tertiary/aromatic N) is 2. The van der Waals surface area contributed by atoms with Gasteiger partial charge in [0, 0.05) is 18.7 Å². The molecule has 1 rings (SSSR count). The molecule has 17 heavy (non-hydrogen) atoms. The van der Waals surface area contributed by atoms with E-state index in [9.17, 15) is 10.1 Å². The average Bonchev–Trinajstić information content (AvgIpc) is 2.28. The number of nitrogens with one attached hydrogen (secondary N) is 1. The third-order valence-corrected chi connectivity index (χ3v) is 2.60. The lowest BCUT2D eigenvalue weighted by molar-refractivity contribution is -0.385. The Morgan fingerprint density at radius 2 is 2.41 bits per heavy atom. The molecule has 1 aromatic heterocycles. The SMILES string of the molecule is CCOCC(C)Nc1ncc([N+](=O)[O-])cc1Br. The Kier molecular flexibility index (Phi) is 5.30. The molecule has 0 radical (unpaired) electrons. The zero-order chi connectivity index (χ0) is 12.8. The van der Waals surface area contributed by atoms with Gasteiger partial charge in [-0.2, -0.15) is 0 Å². The molecule has 0 aliphatic heterocycles. The first-order valence-corrected chi connectivity index (χ1v) is 5.98. The van der Waals surface area contributed by atoms with Gasteiger partial charge in [0.25, 0.3) is 5.69 Å². The van der Waals surface area contributed by atoms with E-state index in [0.717, 1.165) is 0 Å². The first-order chi connectivity index (χ1) is 8.04. The third kappa shape index (κ3) is 4.27. The number of rotatable bonds is 6. The van der Waals surface area contributed by atoms with Crippen molar-refractivity contribution < 1.29 is 9.66 Å². The minimum Gasteiger partial charge on any atom is -0.380 e. The maximum Gasteiger partial charge on any atom is 0.288 e. The van der Waals surface area contributed by atoms with Gasteiger partial charge >= 0.3 is 0 Å². The zero-order valence-electron chi connectivity index (χ0n) is 9.64. The monoisotopic (exact) mass is 303 g/mol. The molecule has 1 heterocycles. The summed E-state index contributed by atoms with van der Waals surface area (Å²) in [6, 6.07) is 1.50. The average molecular weight is 304 g/mol. The van der Waals surface area contributed by atoms with Crippen LogP contribution in [0.4, 0.5) is 11.5 Å². The molecule has 0 amide bonds. The Hall–Kier alpha value is -1.21. The molecule has 0 aliphatic rings. The normalized spacial score (nSPS) is 12.2. The Morgan fingerprint density at radius 3 is 2.94 bits per heavy atom. The van der Waals surface area contributed by atoms with Crippen LogP contribution >= 0.6 is 15.9 Å². The zero-order valence-corrected chi connectivity index (χ0v) is 11.2. The van der Waals surface area contributed by atoms with E-state index in [4.69, 9.17) is 4.74 Å². The van der Waals surface area contributed by atoms with Crippen LogP contribution in [0.2, 0.25) is 0 Å². The van der Waals surface area contributed by atoms with E-state index in [1.165, 1.54) is 12.3 Å². The van der Waals surface area contributed by atoms with Gasteiger partial charge in [0.2, 0.25) is 0 Å². The number of halogens is 1. The van der Waals surface area contributed by atoms with Crippen LogP contribution in [0.15, 0.2) is 16.7 Å². The minimum absolute atomic E-state index is 0.0418. The van der Waals surface area contributed by atoms with Crippen molar-refractivity contribution in [1.29, 1.82) is 0 Å². The largest absolute Gasteiger partial charge is 0.380 e. The van der Waals surface area contributed by atoms with Crippen molar-refractivity contribution in [3.05, 3.63) is 26.9 Å². The number of nitro groups is 1. The maximum absolute atomic E-state index is 10.5. The van der Waals surface area contributed by atoms with Gasteiger partial charge in [0.1, 0.15) is 12.0 Å². The van der Waals surface area contributed by atoms with Crippen molar-refractivity contribution in [2.75, 3.05) is 18.5 Å². The molecule has 0 saturated carbocycles. The van der Waals surface area contributed by atoms with Gasteiger partial charge < -0.3 is 10.1 Å². The van der Waals surface area contributed by atoms with Gasteiger partial charge in [-0.1, -0.05) is 0 Å². The van der Waals surface area contributed by atoms with Crippen molar-refractivity contribution in [2.45, 2.75) is 19.9 Å². The number of aromatic nitrogens is 1. The molecule has 1 N–H and O–H groups in total. The van der Waals surface area contributed by atoms with E-state index in [2.05, 4.69) is 26.2 Å². The van der Waals surface area contributed by atoms with E-state index >= 15 is 0 Å². The summed E-state index contributed by atoms with van der Waals surface area (Å²) < 4.78 is 5.82. The molecule has 0 spiro atoms. The van der Waals surface area contributed by atoms with Gasteiger partial charge in [0.15, 0.2) is 0 Å². The molecule has 0 aliphatic carbocycles. The summed E-state index contributed by atoms with van der Waals surface area (Å²) >= 11 is 3.24. The molecule has 7 heteroatoms. The fourth-order valence-electron chi connectivity index (χ4n) is 1.20. The first-order valence-electron chi connectivity index (χ1n) is 5.18. The molecule has 6 nitrogen and oxygen atoms in total. The summed E-state index contributed by atoms with van der Waals surface area (Å²) in [5, 5.41) is 13.6. The number of hydrogen-bond donors (Lipinski definition) is 1. The lowest BCUT2D eigenvalue weighted by atomic mass is 10.3. The highest BCUT2D eigenvalue weighted by atomic mass is 79.9. The van der Waals surface area contributed by atoms with Crippen LogP contribution in [0, 0.1) is 10.1 Å². The van der Waals surface area contributed by atoms with Crippen LogP contribution in [0.3, 0.4) is 0 Å². The number of ether oxygens (including phenoxy) is 1. The lowest BCUT2D eigenvalue weighted by Gasteiger charge is -2.14. The van der Waals surface area contributed by atoms with Crippen LogP contribution in [0.5, 0.6) is 0 Å². The molecule has 94 valence electrons. The standard InChI is InChI=1S/C10H14BrN3O3/c1-3-17-6-7(2)13-10-9(11)4-8(5-12-10)14(15)16/h4-5,7H,3,6H2,1-2H3,(H,12,13). The molecule has 0 bridgehead atoms. The van der Waals surface area contributed by atoms with Crippen LogP contribution < -0.4 is 5.32 Å². The predicted molar refractivity (Wildman–Crippen MR) is 68.2 cm³/mol. The smallest absolute Gasteiger partial charge is 0.288 e. The number of hydrogen-bond acceptors (Lipinski definition) is 5. The highest BCUT2D eigenvalue weighted by molar-refractivity contribution is 9.10. The van der Waals surface area contributed by atoms with E-state index in [-0.39, 0.29) is 11.7 Å². The summed E-state index contributed by atoms with van der Waals surface area (Å²) in [6.07, 6.45) is 1.22. The van der Waals surface area contributed by atoms with Crippen molar-refractivity contribution in [3.63, 3.8) is 0 Å². The van der Waals surface area contributed by atoms with E-state index in [1.54, 1.807) is 0 Å². The van der Waals surface area contributed by atoms with Gasteiger partial charge in [-0.3, -0.25) is 10.1 Å². The van der Waals surface area contributed by atoms with Crippen molar-refractivity contribution in [1.82, 2.24) is 4.98 Å². The van der Waals surface area contributed by atoms with Crippen LogP contribution in [0.25, 0.3) is 0 Å². The molecule has 1 atom stereocenters. The summed E-state index contributed by atoms with van der Waals surface area (Å²) in [5.74, 6) is 0.572. The first kappa shape index (κ1) is 13.9. The number of pyridine rings is 1. The predicted octanol–water partition coefficient (Wildman–Crippen LogP) is 2.59. The molecule has 1 unspecified atom stereocenters. The summed E-state index contributed by atoms with van der Waals surface area (Å²) in [5.41, 5.74) is -0.0418. The Labute approximate surface area is 108 Å². The van der Waals surface area contributed by atoms with Crippen molar-refractivity contribution >= 4 is 27.4 Å². The van der Waals surface area contributed by atoms with Gasteiger partial charge in [-0.05, 0) is 29.8 Å². The second-order valence-corrected chi connectivity index (χ2v) is 4.34. The molecule has 0 aromatic carbocycles. The second-order valence-electron chi connectivity index (χ2n) is 3.49. The van der Waals surface area contributed by atoms with Gasteiger partial charge in [-0.15, -0.1) is 0 Å². The quantitative estimate of drug-likeness (QED) is 0.645. The van der Waals surface area contributed by atoms with E-state index in [0.29, 0.717) is 23.5 Å². The van der Waals surface area contributed by atoms with Crippen molar-refractivity contribution in [3.8, 4) is 0 Å². The molecule has 0 fully saturated rings. The second kappa shape index (κ2) is 6.51. The highest BCUT2D eigenvalue weighted by Crippen LogP contribution is 2.24. The van der Waals surface area contributed by atoms with Gasteiger partial charge in [-0.25, -0.2) is 4.98 Å². The minimum atomic E-state index is -0.481. The molecular formula is C10H14BrN3O3. The Morgan fingerprint density at radius 1 is 1.71 bits per heavy atom. The number of anilines is 1. The lowest BCUT2D eigenvalue weighted by Crippen LogP contribution is -2.22. The Balaban J connectivity index is 2.69. The Bertz CT molecular complexity index is 400. The maximum atomic E-state index is 10.5. The van der Waals surface area contributed by atoms with Gasteiger partial charge in [0.05, 0.1) is 16.0 Å². The summed E-state index contributed by atoms with van der Waals surface area (Å²) in [7, 11) is 0. The summed E-state index contributed by atoms with van der Waals surface area (Å²) in [4.78, 5) is 14.0. The van der Waals surface area contributed by atoms with Crippen LogP contribution in [-0.2, 0) is 4.74 Å². The fourth-order valence-corrected chi connectivity index (χ4v) is 1.65. The molecular weight excluding hydrogens is 290 g/mol. The van der Waals surface area contributed by atoms with Crippen LogP contribution in [-0.4, -0.2) is 29.2 Å². The third-order valence-electron chi connectivity index (χ3n) is 1.99. The highest BCUT2D eigenvalue weighted by Gasteiger charge is 2.12. The van der Waals surface area contributed by atoms with Crippen LogP contribution in [0.1, 0.15) is 13.8 Å².